The van der Waals surface area contributed by atoms with Gasteiger partial charge in [0.1, 0.15) is 0 Å². The highest BCUT2D eigenvalue weighted by Crippen LogP contribution is 2.20. The highest BCUT2D eigenvalue weighted by molar-refractivity contribution is 7.86. The van der Waals surface area contributed by atoms with E-state index < -0.39 is 10.1 Å². The molecule has 2 aromatic rings. The zero-order valence-corrected chi connectivity index (χ0v) is 11.5. The minimum Gasteiger partial charge on any atom is -0.368 e. The lowest BCUT2D eigenvalue weighted by Gasteiger charge is -2.07. The van der Waals surface area contributed by atoms with E-state index in [9.17, 15) is 8.42 Å². The van der Waals surface area contributed by atoms with Gasteiger partial charge in [-0.3, -0.25) is 4.55 Å². The zero-order valence-electron chi connectivity index (χ0n) is 10.6. The van der Waals surface area contributed by atoms with Crippen LogP contribution < -0.4 is 0 Å². The van der Waals surface area contributed by atoms with E-state index in [1.807, 2.05) is 31.5 Å². The van der Waals surface area contributed by atoms with Gasteiger partial charge in [0.05, 0.1) is 4.90 Å². The molecule has 1 aromatic heterocycles. The fourth-order valence-corrected chi connectivity index (χ4v) is 2.78. The fourth-order valence-electron chi connectivity index (χ4n) is 1.85. The van der Waals surface area contributed by atoms with E-state index in [1.54, 1.807) is 26.0 Å². The summed E-state index contributed by atoms with van der Waals surface area (Å²) in [5, 5.41) is 0. The van der Waals surface area contributed by atoms with E-state index >= 15 is 0 Å². The van der Waals surface area contributed by atoms with Crippen molar-refractivity contribution < 1.29 is 13.0 Å². The van der Waals surface area contributed by atoms with Gasteiger partial charge in [0.2, 0.25) is 0 Å². The Hall–Kier alpha value is -1.59. The monoisotopic (exact) mass is 267 g/mol. The normalized spacial score (nSPS) is 10.7. The van der Waals surface area contributed by atoms with Crippen LogP contribution in [0.15, 0.2) is 41.6 Å². The summed E-state index contributed by atoms with van der Waals surface area (Å²) < 4.78 is 30.8. The molecule has 0 bridgehead atoms. The molecule has 98 valence electrons. The second kappa shape index (κ2) is 5.84. The molecule has 0 aliphatic carbocycles. The molecular weight excluding hydrogens is 250 g/mol. The molecule has 1 aromatic carbocycles. The average molecular weight is 267 g/mol. The van der Waals surface area contributed by atoms with Crippen molar-refractivity contribution >= 4 is 10.1 Å². The first-order valence-corrected chi connectivity index (χ1v) is 6.89. The Kier molecular flexibility index (Phi) is 4.69. The summed E-state index contributed by atoms with van der Waals surface area (Å²) in [6.07, 6.45) is 3.75. The summed E-state index contributed by atoms with van der Waals surface area (Å²) in [5.41, 5.74) is 2.16. The summed E-state index contributed by atoms with van der Waals surface area (Å²) in [6, 6.07) is 7.35. The van der Waals surface area contributed by atoms with Crippen LogP contribution in [0.1, 0.15) is 16.7 Å². The predicted molar refractivity (Wildman–Crippen MR) is 71.3 cm³/mol. The second-order valence-electron chi connectivity index (χ2n) is 4.09. The lowest BCUT2D eigenvalue weighted by Crippen LogP contribution is -2.04. The van der Waals surface area contributed by atoms with Gasteiger partial charge in [-0.05, 0) is 44.0 Å². The molecule has 0 saturated heterocycles. The number of hydrogen-bond acceptors (Lipinski definition) is 2. The third-order valence-corrected chi connectivity index (χ3v) is 3.52. The molecule has 0 aliphatic rings. The van der Waals surface area contributed by atoms with Crippen molar-refractivity contribution in [2.45, 2.75) is 25.7 Å². The van der Waals surface area contributed by atoms with Crippen LogP contribution in [0.2, 0.25) is 0 Å². The molecule has 5 heteroatoms. The summed E-state index contributed by atoms with van der Waals surface area (Å²) in [6.45, 7) is 5.22. The van der Waals surface area contributed by atoms with E-state index in [4.69, 9.17) is 4.55 Å². The van der Waals surface area contributed by atoms with Crippen molar-refractivity contribution in [1.82, 2.24) is 4.98 Å². The van der Waals surface area contributed by atoms with E-state index in [0.29, 0.717) is 11.1 Å². The topological polar surface area (TPSA) is 70.2 Å². The Labute approximate surface area is 107 Å². The number of nitrogens with one attached hydrogen (secondary N) is 1. The van der Waals surface area contributed by atoms with E-state index in [0.717, 1.165) is 5.56 Å². The van der Waals surface area contributed by atoms with Crippen molar-refractivity contribution in [1.29, 1.82) is 0 Å². The Bertz CT molecular complexity index is 561. The summed E-state index contributed by atoms with van der Waals surface area (Å²) >= 11 is 0. The molecule has 1 heterocycles. The third kappa shape index (κ3) is 4.01. The smallest absolute Gasteiger partial charge is 0.295 e. The molecule has 2 N–H and O–H groups in total. The number of aromatic amines is 1. The lowest BCUT2D eigenvalue weighted by atomic mass is 10.1. The van der Waals surface area contributed by atoms with Crippen LogP contribution in [0.3, 0.4) is 0 Å². The van der Waals surface area contributed by atoms with Crippen molar-refractivity contribution in [2.75, 3.05) is 0 Å². The minimum atomic E-state index is -4.08. The molecular formula is C13H17NO3S. The summed E-state index contributed by atoms with van der Waals surface area (Å²) in [7, 11) is -4.08. The second-order valence-corrected chi connectivity index (χ2v) is 5.45. The van der Waals surface area contributed by atoms with Crippen molar-refractivity contribution in [2.24, 2.45) is 0 Å². The molecule has 2 rings (SSSR count). The molecule has 0 unspecified atom stereocenters. The maximum absolute atomic E-state index is 10.9. The van der Waals surface area contributed by atoms with Gasteiger partial charge in [0.25, 0.3) is 10.1 Å². The molecule has 0 fully saturated rings. The Balaban J connectivity index is 0.000000269. The van der Waals surface area contributed by atoms with Gasteiger partial charge in [-0.15, -0.1) is 0 Å². The Morgan fingerprint density at radius 1 is 1.00 bits per heavy atom. The largest absolute Gasteiger partial charge is 0.368 e. The number of H-pyrrole nitrogens is 1. The van der Waals surface area contributed by atoms with Gasteiger partial charge < -0.3 is 4.98 Å². The van der Waals surface area contributed by atoms with E-state index in [-0.39, 0.29) is 4.90 Å². The standard InChI is InChI=1S/C9H12O3S.C4H5N/c1-6-4-7(2)9(8(3)5-6)13(10,11)12;1-2-4-5-3-1/h4-5H,1-3H3,(H,10,11,12);1-5H. The van der Waals surface area contributed by atoms with Crippen LogP contribution in [0.5, 0.6) is 0 Å². The molecule has 0 aliphatic heterocycles. The maximum Gasteiger partial charge on any atom is 0.295 e. The first-order valence-electron chi connectivity index (χ1n) is 5.45. The molecule has 0 atom stereocenters. The van der Waals surface area contributed by atoms with Gasteiger partial charge in [0, 0.05) is 12.4 Å². The van der Waals surface area contributed by atoms with Gasteiger partial charge >= 0.3 is 0 Å². The number of aromatic nitrogens is 1. The van der Waals surface area contributed by atoms with Crippen LogP contribution in [0.4, 0.5) is 0 Å². The third-order valence-electron chi connectivity index (χ3n) is 2.36. The number of rotatable bonds is 1. The number of aryl methyl sites for hydroxylation is 3. The van der Waals surface area contributed by atoms with Crippen LogP contribution in [0, 0.1) is 20.8 Å². The van der Waals surface area contributed by atoms with Crippen LogP contribution in [-0.4, -0.2) is 18.0 Å². The van der Waals surface area contributed by atoms with Crippen molar-refractivity contribution in [3.63, 3.8) is 0 Å². The quantitative estimate of drug-likeness (QED) is 0.780. The first kappa shape index (κ1) is 14.5. The van der Waals surface area contributed by atoms with Crippen molar-refractivity contribution in [3.8, 4) is 0 Å². The van der Waals surface area contributed by atoms with Crippen LogP contribution in [-0.2, 0) is 10.1 Å². The van der Waals surface area contributed by atoms with Gasteiger partial charge in [0.15, 0.2) is 0 Å². The SMILES string of the molecule is Cc1cc(C)c(S(=O)(=O)O)c(C)c1.c1cc[nH]c1. The highest BCUT2D eigenvalue weighted by atomic mass is 32.2. The predicted octanol–water partition coefficient (Wildman–Crippen LogP) is 2.87. The van der Waals surface area contributed by atoms with Gasteiger partial charge in [-0.2, -0.15) is 8.42 Å². The number of hydrogen-bond donors (Lipinski definition) is 2. The Morgan fingerprint density at radius 2 is 1.44 bits per heavy atom. The first-order chi connectivity index (χ1) is 8.32. The molecule has 4 nitrogen and oxygen atoms in total. The zero-order chi connectivity index (χ0) is 13.8. The van der Waals surface area contributed by atoms with E-state index in [2.05, 4.69) is 4.98 Å². The van der Waals surface area contributed by atoms with Crippen LogP contribution in [0.25, 0.3) is 0 Å². The number of benzene rings is 1. The summed E-state index contributed by atoms with van der Waals surface area (Å²) in [4.78, 5) is 2.89. The fraction of sp³-hybridized carbons (Fsp3) is 0.231. The molecule has 0 spiro atoms. The molecule has 0 radical (unpaired) electrons. The summed E-state index contributed by atoms with van der Waals surface area (Å²) in [5.74, 6) is 0. The minimum absolute atomic E-state index is 0.0260. The average Bonchev–Trinajstić information content (AvgIpc) is 2.69. The van der Waals surface area contributed by atoms with Gasteiger partial charge in [-0.1, -0.05) is 17.7 Å². The van der Waals surface area contributed by atoms with Crippen LogP contribution >= 0.6 is 0 Å². The molecule has 0 amide bonds. The van der Waals surface area contributed by atoms with Gasteiger partial charge in [-0.25, -0.2) is 0 Å². The van der Waals surface area contributed by atoms with E-state index in [1.165, 1.54) is 0 Å². The molecule has 0 saturated carbocycles. The maximum atomic E-state index is 10.9. The lowest BCUT2D eigenvalue weighted by molar-refractivity contribution is 0.482. The van der Waals surface area contributed by atoms with Crippen molar-refractivity contribution in [3.05, 3.63) is 53.3 Å². The molecule has 18 heavy (non-hydrogen) atoms. The Morgan fingerprint density at radius 3 is 1.72 bits per heavy atom. The highest BCUT2D eigenvalue weighted by Gasteiger charge is 2.15.